The van der Waals surface area contributed by atoms with Crippen molar-refractivity contribution in [3.63, 3.8) is 0 Å². The minimum atomic E-state index is 0. The van der Waals surface area contributed by atoms with E-state index in [9.17, 15) is 0 Å². The van der Waals surface area contributed by atoms with Crippen LogP contribution in [0, 0.1) is 0 Å². The van der Waals surface area contributed by atoms with E-state index in [0.29, 0.717) is 13.1 Å². The Bertz CT molecular complexity index is 4230. The van der Waals surface area contributed by atoms with E-state index in [1.165, 1.54) is 98.2 Å². The van der Waals surface area contributed by atoms with Crippen molar-refractivity contribution in [1.29, 1.82) is 0 Å². The first-order valence-electron chi connectivity index (χ1n) is 26.0. The first-order chi connectivity index (χ1) is 36.7. The summed E-state index contributed by atoms with van der Waals surface area (Å²) in [4.78, 5) is 14.6. The Morgan fingerprint density at radius 3 is 0.964 bits per heavy atom. The van der Waals surface area contributed by atoms with E-state index in [1.807, 2.05) is 52.0 Å². The maximum Gasteiger partial charge on any atom is 0.0690 e. The average molecular weight is 1750 g/mol. The molecule has 0 saturated heterocycles. The van der Waals surface area contributed by atoms with Gasteiger partial charge in [-0.05, 0) is 79.3 Å². The standard InChI is InChI=1S/C41H27N3.2C12H8N.2C2H6.9Y/c1-5-19-36-28(13-1)29-14-2-6-20-37(29)43(36)24-27-23-34-32-17-9-11-26-12-10-18-33(40(26)32)41(34)35(42-27)25-44-38-21-7-3-15-30(38)31-16-4-8-22-39(31)44;2*1-3-7-11-9(5-1)10-6-2-4-8-12(10)13-11;2*1-2;;;;;;;;;/h1-23H,24-25H2;2*1-8H;2*1-2H3;;;;;;;;;/q;2*-1;;;;;;;;;;;. The fourth-order valence-electron chi connectivity index (χ4n) is 11.3. The zero-order chi connectivity index (χ0) is 50.1. The molecule has 0 N–H and O–H groups in total. The Kier molecular flexibility index (Phi) is 34.5. The SMILES string of the molecule is CC.CC.[Y].[Y].[Y].[Y].[Y].[Y].[Y].[Y].[Y].c1cc2c3c(cccc3c1)-c1c-2cc(Cn2c3ccccc3c3ccccc32)nc1Cn1c2ccccc2c2ccccc21.c1ccc2c(c1)[n-]c1ccccc12.c1ccc2c(c1)[n-]c1ccccc12. The molecule has 1 aliphatic carbocycles. The number of nitrogens with zero attached hydrogens (tertiary/aromatic N) is 5. The maximum atomic E-state index is 5.55. The minimum absolute atomic E-state index is 0. The van der Waals surface area contributed by atoms with Gasteiger partial charge in [-0.3, -0.25) is 4.98 Å². The van der Waals surface area contributed by atoms with Crippen LogP contribution in [0.2, 0.25) is 0 Å². The fourth-order valence-corrected chi connectivity index (χ4v) is 11.3. The number of hydrogen-bond donors (Lipinski definition) is 0. The number of rotatable bonds is 4. The van der Waals surface area contributed by atoms with Crippen LogP contribution >= 0.6 is 0 Å². The van der Waals surface area contributed by atoms with Gasteiger partial charge in [0.2, 0.25) is 0 Å². The van der Waals surface area contributed by atoms with Gasteiger partial charge in [-0.2, -0.15) is 0 Å². The van der Waals surface area contributed by atoms with Crippen LogP contribution in [0.4, 0.5) is 0 Å². The summed E-state index contributed by atoms with van der Waals surface area (Å²) in [6.07, 6.45) is 0. The summed E-state index contributed by atoms with van der Waals surface area (Å²) in [6.45, 7) is 9.40. The molecule has 5 heterocycles. The first kappa shape index (κ1) is 78.0. The summed E-state index contributed by atoms with van der Waals surface area (Å²) in [7, 11) is 0. The topological polar surface area (TPSA) is 51.0 Å². The van der Waals surface area contributed by atoms with Crippen LogP contribution in [0.5, 0.6) is 0 Å². The Balaban J connectivity index is 0.000000385. The van der Waals surface area contributed by atoms with Crippen LogP contribution in [-0.2, 0) is 307 Å². The molecular weight excluding hydrogens is 1700 g/mol. The molecule has 0 spiro atoms. The molecule has 5 aromatic heterocycles. The van der Waals surface area contributed by atoms with E-state index >= 15 is 0 Å². The molecule has 0 aliphatic heterocycles. The third-order valence-corrected chi connectivity index (χ3v) is 14.3. The Hall–Kier alpha value is 0.745. The van der Waals surface area contributed by atoms with Crippen molar-refractivity contribution in [3.05, 3.63) is 248 Å². The number of aromatic nitrogens is 5. The predicted molar refractivity (Wildman–Crippen MR) is 316 cm³/mol. The summed E-state index contributed by atoms with van der Waals surface area (Å²) < 4.78 is 4.90. The molecule has 10 aromatic carbocycles. The van der Waals surface area contributed by atoms with Crippen molar-refractivity contribution in [1.82, 2.24) is 24.1 Å². The van der Waals surface area contributed by atoms with Crippen molar-refractivity contribution in [3.8, 4) is 22.3 Å². The summed E-state index contributed by atoms with van der Waals surface area (Å²) in [5, 5.41) is 12.7. The molecule has 5 nitrogen and oxygen atoms in total. The van der Waals surface area contributed by atoms with E-state index in [0.717, 1.165) is 33.5 Å². The second-order valence-electron chi connectivity index (χ2n) is 18.2. The summed E-state index contributed by atoms with van der Waals surface area (Å²) >= 11 is 0. The van der Waals surface area contributed by atoms with Gasteiger partial charge >= 0.3 is 0 Å². The summed E-state index contributed by atoms with van der Waals surface area (Å²) in [6, 6.07) is 83.7. The smallest absolute Gasteiger partial charge is 0.0690 e. The molecule has 9 radical (unpaired) electrons. The van der Waals surface area contributed by atoms with Gasteiger partial charge in [-0.1, -0.05) is 234 Å². The molecule has 1 aliphatic rings. The van der Waals surface area contributed by atoms with Gasteiger partial charge in [0.25, 0.3) is 0 Å². The minimum Gasteiger partial charge on any atom is -0.657 e. The van der Waals surface area contributed by atoms with E-state index in [1.54, 1.807) is 0 Å². The van der Waals surface area contributed by atoms with Gasteiger partial charge in [0.15, 0.2) is 0 Å². The molecule has 0 unspecified atom stereocenters. The van der Waals surface area contributed by atoms with Gasteiger partial charge in [-0.25, -0.2) is 0 Å². The molecule has 0 saturated carbocycles. The Morgan fingerprint density at radius 2 is 0.602 bits per heavy atom. The second kappa shape index (κ2) is 36.7. The number of fused-ring (bicyclic) bond motifs is 15. The summed E-state index contributed by atoms with van der Waals surface area (Å²) in [5.41, 5.74) is 16.7. The number of benzene rings is 10. The van der Waals surface area contributed by atoms with Crippen LogP contribution in [0.25, 0.3) is 120 Å². The predicted octanol–water partition coefficient (Wildman–Crippen LogP) is 18.1. The number of pyridine rings is 1. The molecule has 15 aromatic rings. The fraction of sp³-hybridized carbons (Fsp3) is 0.0870. The van der Waals surface area contributed by atoms with Gasteiger partial charge in [-0.15, -0.1) is 22.1 Å². The van der Waals surface area contributed by atoms with E-state index in [2.05, 4.69) is 231 Å². The van der Waals surface area contributed by atoms with Crippen LogP contribution in [0.15, 0.2) is 237 Å². The van der Waals surface area contributed by atoms with Crippen LogP contribution in [0.1, 0.15) is 39.1 Å². The molecule has 0 atom stereocenters. The van der Waals surface area contributed by atoms with E-state index < -0.39 is 0 Å². The maximum absolute atomic E-state index is 5.55. The van der Waals surface area contributed by atoms with Crippen LogP contribution in [0.3, 0.4) is 0 Å². The molecule has 83 heavy (non-hydrogen) atoms. The van der Waals surface area contributed by atoms with Gasteiger partial charge < -0.3 is 19.1 Å². The zero-order valence-corrected chi connectivity index (χ0v) is 72.9. The zero-order valence-electron chi connectivity index (χ0n) is 47.4. The Morgan fingerprint density at radius 1 is 0.301 bits per heavy atom. The van der Waals surface area contributed by atoms with Gasteiger partial charge in [0.1, 0.15) is 0 Å². The average Bonchev–Trinajstić information content (AvgIpc) is 3.25. The van der Waals surface area contributed by atoms with E-state index in [-0.39, 0.29) is 294 Å². The van der Waals surface area contributed by atoms with Gasteiger partial charge in [0.05, 0.1) is 24.5 Å². The molecule has 0 bridgehead atoms. The van der Waals surface area contributed by atoms with Crippen LogP contribution < -0.4 is 9.97 Å². The van der Waals surface area contributed by atoms with E-state index in [4.69, 9.17) is 4.98 Å². The second-order valence-corrected chi connectivity index (χ2v) is 18.2. The molecule has 16 rings (SSSR count). The van der Waals surface area contributed by atoms with Crippen molar-refractivity contribution in [2.75, 3.05) is 0 Å². The first-order valence-corrected chi connectivity index (χ1v) is 26.0. The summed E-state index contributed by atoms with van der Waals surface area (Å²) in [5.74, 6) is 0. The molecule has 385 valence electrons. The van der Waals surface area contributed by atoms with Crippen molar-refractivity contribution in [2.45, 2.75) is 40.8 Å². The normalized spacial score (nSPS) is 10.1. The molecule has 0 amide bonds. The largest absolute Gasteiger partial charge is 0.657 e. The number of hydrogen-bond acceptors (Lipinski definition) is 1. The quantitative estimate of drug-likeness (QED) is 0.176. The third-order valence-electron chi connectivity index (χ3n) is 14.3. The molecular formula is C69H55N5Y9-2. The molecule has 0 fully saturated rings. The van der Waals surface area contributed by atoms with Crippen molar-refractivity contribution in [2.24, 2.45) is 0 Å². The Labute approximate surface area is 713 Å². The molecule has 14 heteroatoms. The van der Waals surface area contributed by atoms with Crippen molar-refractivity contribution < 1.29 is 294 Å². The third kappa shape index (κ3) is 15.8. The van der Waals surface area contributed by atoms with Crippen LogP contribution in [-0.4, -0.2) is 14.1 Å². The van der Waals surface area contributed by atoms with Crippen molar-refractivity contribution >= 4 is 98.0 Å². The van der Waals surface area contributed by atoms with Gasteiger partial charge in [0, 0.05) is 344 Å². The number of para-hydroxylation sites is 8. The monoisotopic (exact) mass is 1750 g/mol.